The minimum atomic E-state index is 0.635. The molecule has 0 spiro atoms. The van der Waals surface area contributed by atoms with Crippen molar-refractivity contribution in [1.82, 2.24) is 29.6 Å². The largest absolute Gasteiger partial charge is 0.493 e. The van der Waals surface area contributed by atoms with Crippen molar-refractivity contribution in [2.45, 2.75) is 6.92 Å². The number of nitrogens with zero attached hydrogens (tertiary/aromatic N) is 6. The molecule has 3 aromatic heterocycles. The number of rotatable bonds is 4. The Bertz CT molecular complexity index is 1060. The second-order valence-electron chi connectivity index (χ2n) is 5.46. The van der Waals surface area contributed by atoms with E-state index in [9.17, 15) is 0 Å². The van der Waals surface area contributed by atoms with Gasteiger partial charge in [0.05, 0.1) is 26.0 Å². The van der Waals surface area contributed by atoms with E-state index in [4.69, 9.17) is 9.47 Å². The lowest BCUT2D eigenvalue weighted by Crippen LogP contribution is -1.95. The van der Waals surface area contributed by atoms with Gasteiger partial charge in [0.25, 0.3) is 0 Å². The van der Waals surface area contributed by atoms with Gasteiger partial charge < -0.3 is 9.47 Å². The summed E-state index contributed by atoms with van der Waals surface area (Å²) in [4.78, 5) is 0.725. The average Bonchev–Trinajstić information content (AvgIpc) is 3.29. The zero-order valence-electron chi connectivity index (χ0n) is 14.2. The van der Waals surface area contributed by atoms with Crippen molar-refractivity contribution in [3.63, 3.8) is 0 Å². The van der Waals surface area contributed by atoms with E-state index >= 15 is 0 Å². The van der Waals surface area contributed by atoms with E-state index in [2.05, 4.69) is 20.4 Å². The predicted octanol–water partition coefficient (Wildman–Crippen LogP) is 2.58. The molecule has 0 amide bonds. The summed E-state index contributed by atoms with van der Waals surface area (Å²) in [5, 5.41) is 18.3. The van der Waals surface area contributed by atoms with E-state index in [0.717, 1.165) is 26.8 Å². The second kappa shape index (κ2) is 5.85. The Morgan fingerprint density at radius 3 is 2.56 bits per heavy atom. The van der Waals surface area contributed by atoms with Crippen LogP contribution >= 0.6 is 11.3 Å². The van der Waals surface area contributed by atoms with E-state index < -0.39 is 0 Å². The van der Waals surface area contributed by atoms with E-state index in [-0.39, 0.29) is 0 Å². The average molecular weight is 356 g/mol. The third kappa shape index (κ3) is 2.43. The van der Waals surface area contributed by atoms with Crippen LogP contribution in [0.5, 0.6) is 11.5 Å². The molecule has 0 N–H and O–H groups in total. The molecule has 4 aromatic rings. The third-order valence-corrected chi connectivity index (χ3v) is 5.03. The normalized spacial score (nSPS) is 11.2. The van der Waals surface area contributed by atoms with E-state index in [1.807, 2.05) is 43.0 Å². The molecule has 128 valence electrons. The van der Waals surface area contributed by atoms with E-state index in [0.29, 0.717) is 17.3 Å². The van der Waals surface area contributed by atoms with Crippen molar-refractivity contribution in [3.8, 4) is 33.5 Å². The van der Waals surface area contributed by atoms with Crippen LogP contribution in [0.2, 0.25) is 0 Å². The molecule has 0 bridgehead atoms. The molecule has 4 rings (SSSR count). The SMILES string of the molecule is COc1ccc(-c2nnc3sc(-c4cnn(C)c4C)nn23)cc1OC. The maximum absolute atomic E-state index is 5.37. The zero-order valence-corrected chi connectivity index (χ0v) is 15.0. The number of methoxy groups -OCH3 is 2. The Balaban J connectivity index is 1.83. The third-order valence-electron chi connectivity index (χ3n) is 4.10. The minimum Gasteiger partial charge on any atom is -0.493 e. The molecule has 0 aliphatic rings. The standard InChI is InChI=1S/C16H16N6O2S/c1-9-11(8-17-21(9)2)15-20-22-14(18-19-16(22)25-15)10-5-6-12(23-3)13(7-10)24-4/h5-8H,1-4H3. The summed E-state index contributed by atoms with van der Waals surface area (Å²) >= 11 is 1.48. The molecule has 0 saturated carbocycles. The zero-order chi connectivity index (χ0) is 17.6. The van der Waals surface area contributed by atoms with Crippen molar-refractivity contribution in [1.29, 1.82) is 0 Å². The maximum atomic E-state index is 5.37. The molecule has 9 heteroatoms. The molecule has 0 aliphatic carbocycles. The Morgan fingerprint density at radius 2 is 1.88 bits per heavy atom. The molecule has 0 radical (unpaired) electrons. The number of hydrogen-bond donors (Lipinski definition) is 0. The van der Waals surface area contributed by atoms with Gasteiger partial charge in [0, 0.05) is 18.3 Å². The van der Waals surface area contributed by atoms with Crippen molar-refractivity contribution in [2.24, 2.45) is 7.05 Å². The van der Waals surface area contributed by atoms with Crippen LogP contribution in [0.25, 0.3) is 26.9 Å². The van der Waals surface area contributed by atoms with Crippen LogP contribution < -0.4 is 9.47 Å². The van der Waals surface area contributed by atoms with Crippen LogP contribution in [-0.4, -0.2) is 43.8 Å². The fraction of sp³-hybridized carbons (Fsp3) is 0.250. The van der Waals surface area contributed by atoms with Crippen LogP contribution in [0.15, 0.2) is 24.4 Å². The summed E-state index contributed by atoms with van der Waals surface area (Å²) < 4.78 is 14.2. The van der Waals surface area contributed by atoms with Crippen molar-refractivity contribution in [2.75, 3.05) is 14.2 Å². The summed E-state index contributed by atoms with van der Waals surface area (Å²) in [6, 6.07) is 5.61. The van der Waals surface area contributed by atoms with Gasteiger partial charge >= 0.3 is 0 Å². The quantitative estimate of drug-likeness (QED) is 0.559. The molecule has 0 atom stereocenters. The first-order chi connectivity index (χ1) is 12.1. The molecule has 8 nitrogen and oxygen atoms in total. The van der Waals surface area contributed by atoms with Crippen molar-refractivity contribution in [3.05, 3.63) is 30.1 Å². The highest BCUT2D eigenvalue weighted by atomic mass is 32.1. The molecule has 0 aliphatic heterocycles. The molecule has 3 heterocycles. The first kappa shape index (κ1) is 15.6. The van der Waals surface area contributed by atoms with Crippen LogP contribution in [-0.2, 0) is 7.05 Å². The lowest BCUT2D eigenvalue weighted by Gasteiger charge is -2.08. The summed E-state index contributed by atoms with van der Waals surface area (Å²) in [5.74, 6) is 1.95. The summed E-state index contributed by atoms with van der Waals surface area (Å²) in [7, 11) is 5.12. The van der Waals surface area contributed by atoms with Crippen molar-refractivity contribution >= 4 is 16.3 Å². The lowest BCUT2D eigenvalue weighted by molar-refractivity contribution is 0.355. The van der Waals surface area contributed by atoms with Gasteiger partial charge in [-0.05, 0) is 25.1 Å². The Hall–Kier alpha value is -2.94. The molecule has 0 unspecified atom stereocenters. The van der Waals surface area contributed by atoms with Crippen LogP contribution in [0.3, 0.4) is 0 Å². The summed E-state index contributed by atoms with van der Waals surface area (Å²) in [5.41, 5.74) is 2.90. The smallest absolute Gasteiger partial charge is 0.235 e. The Kier molecular flexibility index (Phi) is 3.65. The summed E-state index contributed by atoms with van der Waals surface area (Å²) in [6.07, 6.45) is 1.82. The Morgan fingerprint density at radius 1 is 1.08 bits per heavy atom. The first-order valence-electron chi connectivity index (χ1n) is 7.56. The number of ether oxygens (including phenoxy) is 2. The highest BCUT2D eigenvalue weighted by Crippen LogP contribution is 2.33. The van der Waals surface area contributed by atoms with Gasteiger partial charge in [0.15, 0.2) is 22.3 Å². The maximum Gasteiger partial charge on any atom is 0.235 e. The van der Waals surface area contributed by atoms with Gasteiger partial charge in [-0.25, -0.2) is 0 Å². The second-order valence-corrected chi connectivity index (χ2v) is 6.42. The summed E-state index contributed by atoms with van der Waals surface area (Å²) in [6.45, 7) is 2.01. The van der Waals surface area contributed by atoms with Gasteiger partial charge in [-0.2, -0.15) is 14.7 Å². The van der Waals surface area contributed by atoms with Crippen LogP contribution in [0.1, 0.15) is 5.69 Å². The molecule has 0 fully saturated rings. The number of fused-ring (bicyclic) bond motifs is 1. The fourth-order valence-corrected chi connectivity index (χ4v) is 3.49. The number of aromatic nitrogens is 6. The molecule has 1 aromatic carbocycles. The van der Waals surface area contributed by atoms with E-state index in [1.54, 1.807) is 18.7 Å². The van der Waals surface area contributed by atoms with Gasteiger partial charge in [0.1, 0.15) is 0 Å². The van der Waals surface area contributed by atoms with Gasteiger partial charge in [-0.1, -0.05) is 11.3 Å². The molecular formula is C16H16N6O2S. The predicted molar refractivity (Wildman–Crippen MR) is 94.1 cm³/mol. The molecular weight excluding hydrogens is 340 g/mol. The lowest BCUT2D eigenvalue weighted by atomic mass is 10.2. The van der Waals surface area contributed by atoms with Gasteiger partial charge in [-0.3, -0.25) is 4.68 Å². The fourth-order valence-electron chi connectivity index (χ4n) is 2.59. The van der Waals surface area contributed by atoms with Crippen LogP contribution in [0.4, 0.5) is 0 Å². The highest BCUT2D eigenvalue weighted by Gasteiger charge is 2.18. The van der Waals surface area contributed by atoms with E-state index in [1.165, 1.54) is 11.3 Å². The number of benzene rings is 1. The topological polar surface area (TPSA) is 79.4 Å². The van der Waals surface area contributed by atoms with Gasteiger partial charge in [0.2, 0.25) is 4.96 Å². The monoisotopic (exact) mass is 356 g/mol. The highest BCUT2D eigenvalue weighted by molar-refractivity contribution is 7.19. The Labute approximate surface area is 147 Å². The molecule has 0 saturated heterocycles. The van der Waals surface area contributed by atoms with Gasteiger partial charge in [-0.15, -0.1) is 10.2 Å². The number of aryl methyl sites for hydroxylation is 1. The van der Waals surface area contributed by atoms with Crippen molar-refractivity contribution < 1.29 is 9.47 Å². The first-order valence-corrected chi connectivity index (χ1v) is 8.37. The molecule has 25 heavy (non-hydrogen) atoms. The minimum absolute atomic E-state index is 0.635. The van der Waals surface area contributed by atoms with Crippen LogP contribution in [0, 0.1) is 6.92 Å². The number of hydrogen-bond acceptors (Lipinski definition) is 7.